The first-order valence-corrected chi connectivity index (χ1v) is 6.18. The lowest BCUT2D eigenvalue weighted by molar-refractivity contribution is 0.732. The van der Waals surface area contributed by atoms with Crippen molar-refractivity contribution in [3.63, 3.8) is 0 Å². The Balaban J connectivity index is 2.23. The average molecular weight is 285 g/mol. The van der Waals surface area contributed by atoms with Crippen LogP contribution < -0.4 is 5.69 Å². The Labute approximate surface area is 101 Å². The van der Waals surface area contributed by atoms with E-state index >= 15 is 0 Å². The molecule has 16 heavy (non-hydrogen) atoms. The first-order valence-electron chi connectivity index (χ1n) is 5.26. The minimum Gasteiger partial charge on any atom is -0.246 e. The van der Waals surface area contributed by atoms with Crippen molar-refractivity contribution in [3.05, 3.63) is 28.6 Å². The van der Waals surface area contributed by atoms with E-state index in [4.69, 9.17) is 0 Å². The summed E-state index contributed by atoms with van der Waals surface area (Å²) in [5, 5.41) is 6.29. The Morgan fingerprint density at radius 3 is 3.19 bits per heavy atom. The molecule has 6 heteroatoms. The summed E-state index contributed by atoms with van der Waals surface area (Å²) in [6.07, 6.45) is 4.62. The van der Waals surface area contributed by atoms with Crippen LogP contribution in [0.1, 0.15) is 25.5 Å². The molecule has 0 radical (unpaired) electrons. The zero-order valence-electron chi connectivity index (χ0n) is 8.98. The molecule has 2 heterocycles. The maximum absolute atomic E-state index is 11.2. The molecule has 0 aromatic carbocycles. The fourth-order valence-corrected chi connectivity index (χ4v) is 2.39. The minimum atomic E-state index is -0.252. The highest BCUT2D eigenvalue weighted by atomic mass is 79.9. The van der Waals surface area contributed by atoms with Crippen LogP contribution >= 0.6 is 15.9 Å². The summed E-state index contributed by atoms with van der Waals surface area (Å²) >= 11 is 3.61. The number of rotatable bonds is 4. The van der Waals surface area contributed by atoms with Crippen LogP contribution in [-0.4, -0.2) is 24.4 Å². The van der Waals surface area contributed by atoms with Crippen LogP contribution in [-0.2, 0) is 6.42 Å². The van der Waals surface area contributed by atoms with Gasteiger partial charge < -0.3 is 0 Å². The van der Waals surface area contributed by atoms with E-state index in [0.29, 0.717) is 10.5 Å². The molecule has 5 nitrogen and oxygen atoms in total. The molecule has 0 aliphatic heterocycles. The molecular formula is C10H13BrN4O. The second-order valence-electron chi connectivity index (χ2n) is 3.73. The lowest BCUT2D eigenvalue weighted by atomic mass is 10.1. The van der Waals surface area contributed by atoms with Gasteiger partial charge >= 0.3 is 5.69 Å². The monoisotopic (exact) mass is 284 g/mol. The topological polar surface area (TPSA) is 63.0 Å². The molecule has 0 saturated heterocycles. The fourth-order valence-electron chi connectivity index (χ4n) is 1.60. The van der Waals surface area contributed by atoms with Gasteiger partial charge in [-0.1, -0.05) is 29.3 Å². The Morgan fingerprint density at radius 2 is 2.44 bits per heavy atom. The van der Waals surface area contributed by atoms with E-state index in [2.05, 4.69) is 38.0 Å². The Hall–Kier alpha value is -1.17. The number of hydrogen-bond acceptors (Lipinski definition) is 3. The Morgan fingerprint density at radius 1 is 1.62 bits per heavy atom. The van der Waals surface area contributed by atoms with Gasteiger partial charge in [-0.05, 0) is 6.42 Å². The maximum atomic E-state index is 11.2. The number of aromatic amines is 1. The molecule has 0 spiro atoms. The zero-order chi connectivity index (χ0) is 11.5. The van der Waals surface area contributed by atoms with Gasteiger partial charge in [-0.15, -0.1) is 0 Å². The van der Waals surface area contributed by atoms with Crippen LogP contribution in [0.15, 0.2) is 17.2 Å². The number of aromatic nitrogens is 4. The van der Waals surface area contributed by atoms with Crippen molar-refractivity contribution >= 4 is 21.6 Å². The first kappa shape index (κ1) is 11.3. The van der Waals surface area contributed by atoms with Crippen LogP contribution in [0.2, 0.25) is 0 Å². The number of nitrogens with zero attached hydrogens (tertiary/aromatic N) is 3. The third-order valence-corrected chi connectivity index (χ3v) is 3.18. The Kier molecular flexibility index (Phi) is 3.38. The average Bonchev–Trinajstić information content (AvgIpc) is 2.60. The Bertz CT molecular complexity index is 533. The van der Waals surface area contributed by atoms with Crippen molar-refractivity contribution in [3.8, 4) is 0 Å². The number of fused-ring (bicyclic) bond motifs is 1. The molecule has 2 aromatic rings. The summed E-state index contributed by atoms with van der Waals surface area (Å²) in [5.41, 5.74) is 1.31. The zero-order valence-corrected chi connectivity index (χ0v) is 10.6. The van der Waals surface area contributed by atoms with Gasteiger partial charge in [-0.25, -0.2) is 19.3 Å². The number of H-pyrrole nitrogens is 1. The number of alkyl halides is 1. The second-order valence-corrected chi connectivity index (χ2v) is 5.02. The van der Waals surface area contributed by atoms with Crippen LogP contribution in [0.4, 0.5) is 0 Å². The van der Waals surface area contributed by atoms with Crippen molar-refractivity contribution < 1.29 is 0 Å². The highest BCUT2D eigenvalue weighted by Crippen LogP contribution is 2.13. The van der Waals surface area contributed by atoms with Gasteiger partial charge in [0.15, 0.2) is 5.65 Å². The normalized spacial score (nSPS) is 13.1. The lowest BCUT2D eigenvalue weighted by Crippen LogP contribution is -2.11. The van der Waals surface area contributed by atoms with Crippen LogP contribution in [0.25, 0.3) is 5.65 Å². The van der Waals surface area contributed by atoms with Gasteiger partial charge in [0.25, 0.3) is 0 Å². The molecule has 2 rings (SSSR count). The van der Waals surface area contributed by atoms with Gasteiger partial charge in [0, 0.05) is 23.0 Å². The fraction of sp³-hybridized carbons (Fsp3) is 0.500. The van der Waals surface area contributed by atoms with Crippen molar-refractivity contribution in [1.29, 1.82) is 0 Å². The van der Waals surface area contributed by atoms with E-state index in [0.717, 1.165) is 25.0 Å². The highest BCUT2D eigenvalue weighted by Gasteiger charge is 2.07. The molecule has 0 saturated carbocycles. The summed E-state index contributed by atoms with van der Waals surface area (Å²) in [7, 11) is 0. The number of hydrogen-bond donors (Lipinski definition) is 1. The quantitative estimate of drug-likeness (QED) is 0.866. The van der Waals surface area contributed by atoms with Crippen LogP contribution in [0.3, 0.4) is 0 Å². The molecule has 1 N–H and O–H groups in total. The largest absolute Gasteiger partial charge is 0.348 e. The summed E-state index contributed by atoms with van der Waals surface area (Å²) in [4.78, 5) is 15.9. The van der Waals surface area contributed by atoms with E-state index in [9.17, 15) is 4.79 Å². The second kappa shape index (κ2) is 4.78. The molecule has 0 amide bonds. The van der Waals surface area contributed by atoms with Gasteiger partial charge in [0.2, 0.25) is 0 Å². The van der Waals surface area contributed by atoms with Crippen molar-refractivity contribution in [2.75, 3.05) is 0 Å². The van der Waals surface area contributed by atoms with Crippen molar-refractivity contribution in [1.82, 2.24) is 19.6 Å². The smallest absolute Gasteiger partial charge is 0.246 e. The van der Waals surface area contributed by atoms with Gasteiger partial charge in [-0.3, -0.25) is 0 Å². The van der Waals surface area contributed by atoms with Gasteiger partial charge in [0.05, 0.1) is 0 Å². The highest BCUT2D eigenvalue weighted by molar-refractivity contribution is 9.09. The third-order valence-electron chi connectivity index (χ3n) is 2.40. The standard InChI is InChI=1S/C10H13BrN4O/c1-2-3-7(11)4-8-5-9-13-14-10(16)15(9)6-12-8/h5-7H,2-4H2,1H3,(H,14,16). The van der Waals surface area contributed by atoms with E-state index in [1.165, 1.54) is 10.7 Å². The SMILES string of the molecule is CCCC(Br)Cc1cc2n[nH]c(=O)n2cn1. The first-order chi connectivity index (χ1) is 7.70. The summed E-state index contributed by atoms with van der Waals surface area (Å²) in [6.45, 7) is 2.15. The molecular weight excluding hydrogens is 272 g/mol. The number of halogens is 1. The maximum Gasteiger partial charge on any atom is 0.348 e. The molecule has 0 bridgehead atoms. The van der Waals surface area contributed by atoms with E-state index in [-0.39, 0.29) is 5.69 Å². The summed E-state index contributed by atoms with van der Waals surface area (Å²) in [6, 6.07) is 1.84. The van der Waals surface area contributed by atoms with Gasteiger partial charge in [-0.2, -0.15) is 5.10 Å². The predicted molar refractivity (Wildman–Crippen MR) is 64.9 cm³/mol. The van der Waals surface area contributed by atoms with Crippen LogP contribution in [0, 0.1) is 0 Å². The molecule has 0 aliphatic rings. The molecule has 86 valence electrons. The van der Waals surface area contributed by atoms with E-state index < -0.39 is 0 Å². The molecule has 2 aromatic heterocycles. The predicted octanol–water partition coefficient (Wildman–Crippen LogP) is 1.52. The van der Waals surface area contributed by atoms with E-state index in [1.807, 2.05) is 6.07 Å². The van der Waals surface area contributed by atoms with Crippen molar-refractivity contribution in [2.45, 2.75) is 31.0 Å². The molecule has 0 fully saturated rings. The van der Waals surface area contributed by atoms with Gasteiger partial charge in [0.1, 0.15) is 6.33 Å². The van der Waals surface area contributed by atoms with E-state index in [1.54, 1.807) is 0 Å². The third kappa shape index (κ3) is 2.32. The lowest BCUT2D eigenvalue weighted by Gasteiger charge is -2.06. The number of nitrogens with one attached hydrogen (secondary N) is 1. The molecule has 1 atom stereocenters. The summed E-state index contributed by atoms with van der Waals surface area (Å²) < 4.78 is 1.40. The minimum absolute atomic E-state index is 0.252. The van der Waals surface area contributed by atoms with Crippen molar-refractivity contribution in [2.24, 2.45) is 0 Å². The van der Waals surface area contributed by atoms with Crippen LogP contribution in [0.5, 0.6) is 0 Å². The summed E-state index contributed by atoms with van der Waals surface area (Å²) in [5.74, 6) is 0. The molecule has 0 aliphatic carbocycles. The molecule has 1 unspecified atom stereocenters.